The van der Waals surface area contributed by atoms with Crippen molar-refractivity contribution < 1.29 is 9.53 Å². The van der Waals surface area contributed by atoms with Crippen LogP contribution in [0.25, 0.3) is 0 Å². The number of nitrogens with zero attached hydrogens (tertiary/aromatic N) is 4. The summed E-state index contributed by atoms with van der Waals surface area (Å²) in [5.74, 6) is 1.90. The zero-order valence-corrected chi connectivity index (χ0v) is 17.5. The van der Waals surface area contributed by atoms with Gasteiger partial charge in [0.15, 0.2) is 5.96 Å². The van der Waals surface area contributed by atoms with Crippen LogP contribution in [-0.2, 0) is 4.74 Å². The van der Waals surface area contributed by atoms with E-state index in [-0.39, 0.29) is 12.1 Å². The van der Waals surface area contributed by atoms with Gasteiger partial charge in [-0.2, -0.15) is 0 Å². The largest absolute Gasteiger partial charge is 0.444 e. The molecule has 1 unspecified atom stereocenters. The van der Waals surface area contributed by atoms with Crippen molar-refractivity contribution in [1.82, 2.24) is 20.0 Å². The zero-order chi connectivity index (χ0) is 19.4. The molecule has 7 heteroatoms. The van der Waals surface area contributed by atoms with Crippen LogP contribution >= 0.6 is 0 Å². The van der Waals surface area contributed by atoms with E-state index in [9.17, 15) is 4.79 Å². The van der Waals surface area contributed by atoms with Crippen molar-refractivity contribution >= 4 is 12.1 Å². The SMILES string of the molecule is CC1CCN(CCCNC2=NCC3CN(C(=O)OC(C)(C)C)CCN23)CC1. The summed E-state index contributed by atoms with van der Waals surface area (Å²) in [6.45, 7) is 15.7. The molecule has 0 spiro atoms. The molecule has 0 saturated carbocycles. The Balaban J connectivity index is 1.36. The standard InChI is InChI=1S/C20H37N5O2/c1-16-6-10-23(11-7-16)9-5-8-21-18-22-14-17-15-24(12-13-25(17)18)19(26)27-20(2,3)4/h16-17H,5-15H2,1-4H3,(H,21,22). The minimum absolute atomic E-state index is 0.209. The number of hydrogen-bond acceptors (Lipinski definition) is 6. The molecule has 2 saturated heterocycles. The van der Waals surface area contributed by atoms with Crippen molar-refractivity contribution in [3.63, 3.8) is 0 Å². The summed E-state index contributed by atoms with van der Waals surface area (Å²) in [5.41, 5.74) is -0.445. The maximum Gasteiger partial charge on any atom is 0.410 e. The summed E-state index contributed by atoms with van der Waals surface area (Å²) in [5, 5.41) is 3.53. The fourth-order valence-corrected chi connectivity index (χ4v) is 4.01. The Bertz CT molecular complexity index is 537. The van der Waals surface area contributed by atoms with Crippen molar-refractivity contribution in [3.8, 4) is 0 Å². The monoisotopic (exact) mass is 379 g/mol. The van der Waals surface area contributed by atoms with Gasteiger partial charge in [0.2, 0.25) is 0 Å². The first kappa shape index (κ1) is 20.2. The van der Waals surface area contributed by atoms with E-state index in [0.29, 0.717) is 13.1 Å². The number of likely N-dealkylation sites (tertiary alicyclic amines) is 1. The summed E-state index contributed by atoms with van der Waals surface area (Å²) in [6.07, 6.45) is 3.61. The second kappa shape index (κ2) is 8.67. The Hall–Kier alpha value is -1.50. The van der Waals surface area contributed by atoms with Crippen molar-refractivity contribution in [3.05, 3.63) is 0 Å². The van der Waals surface area contributed by atoms with E-state index < -0.39 is 5.60 Å². The smallest absolute Gasteiger partial charge is 0.410 e. The predicted octanol–water partition coefficient (Wildman–Crippen LogP) is 1.99. The molecule has 1 N–H and O–H groups in total. The van der Waals surface area contributed by atoms with Crippen LogP contribution < -0.4 is 5.32 Å². The number of aliphatic imine (C=N–C) groups is 1. The van der Waals surface area contributed by atoms with E-state index in [1.165, 1.54) is 32.5 Å². The van der Waals surface area contributed by atoms with Gasteiger partial charge >= 0.3 is 6.09 Å². The van der Waals surface area contributed by atoms with Gasteiger partial charge in [0.1, 0.15) is 5.60 Å². The number of piperazine rings is 1. The summed E-state index contributed by atoms with van der Waals surface area (Å²) >= 11 is 0. The van der Waals surface area contributed by atoms with Gasteiger partial charge in [-0.3, -0.25) is 4.99 Å². The van der Waals surface area contributed by atoms with E-state index in [1.807, 2.05) is 25.7 Å². The van der Waals surface area contributed by atoms with Crippen LogP contribution in [0, 0.1) is 5.92 Å². The lowest BCUT2D eigenvalue weighted by atomic mass is 9.99. The van der Waals surface area contributed by atoms with Gasteiger partial charge in [-0.1, -0.05) is 6.92 Å². The van der Waals surface area contributed by atoms with Crippen LogP contribution in [0.5, 0.6) is 0 Å². The summed E-state index contributed by atoms with van der Waals surface area (Å²) in [6, 6.07) is 0.275. The van der Waals surface area contributed by atoms with Gasteiger partial charge in [0.05, 0.1) is 12.6 Å². The number of amides is 1. The first-order chi connectivity index (χ1) is 12.8. The molecule has 0 aromatic carbocycles. The van der Waals surface area contributed by atoms with E-state index >= 15 is 0 Å². The molecule has 0 radical (unpaired) electrons. The predicted molar refractivity (Wildman–Crippen MR) is 108 cm³/mol. The molecule has 0 aromatic heterocycles. The molecule has 27 heavy (non-hydrogen) atoms. The molecule has 0 bridgehead atoms. The number of hydrogen-bond donors (Lipinski definition) is 1. The van der Waals surface area contributed by atoms with Crippen LogP contribution in [0.4, 0.5) is 4.79 Å². The van der Waals surface area contributed by atoms with Crippen molar-refractivity contribution in [1.29, 1.82) is 0 Å². The number of carbonyl (C=O) groups excluding carboxylic acids is 1. The Morgan fingerprint density at radius 2 is 1.96 bits per heavy atom. The summed E-state index contributed by atoms with van der Waals surface area (Å²) in [4.78, 5) is 23.7. The molecule has 154 valence electrons. The number of nitrogens with one attached hydrogen (secondary N) is 1. The average Bonchev–Trinajstić information content (AvgIpc) is 3.01. The number of rotatable bonds is 4. The number of carbonyl (C=O) groups is 1. The highest BCUT2D eigenvalue weighted by Gasteiger charge is 2.36. The molecule has 0 aliphatic carbocycles. The van der Waals surface area contributed by atoms with Crippen LogP contribution in [0.3, 0.4) is 0 Å². The van der Waals surface area contributed by atoms with E-state index in [0.717, 1.165) is 37.9 Å². The van der Waals surface area contributed by atoms with Crippen LogP contribution in [0.2, 0.25) is 0 Å². The Kier molecular flexibility index (Phi) is 6.50. The number of ether oxygens (including phenoxy) is 1. The first-order valence-electron chi connectivity index (χ1n) is 10.6. The minimum Gasteiger partial charge on any atom is -0.444 e. The molecule has 1 atom stereocenters. The van der Waals surface area contributed by atoms with Gasteiger partial charge in [0, 0.05) is 26.2 Å². The minimum atomic E-state index is -0.445. The molecular formula is C20H37N5O2. The van der Waals surface area contributed by atoms with Crippen molar-refractivity contribution in [2.24, 2.45) is 10.9 Å². The molecule has 3 rings (SSSR count). The second-order valence-electron chi connectivity index (χ2n) is 9.24. The van der Waals surface area contributed by atoms with E-state index in [4.69, 9.17) is 4.74 Å². The lowest BCUT2D eigenvalue weighted by Crippen LogP contribution is -2.57. The normalized spacial score (nSPS) is 24.6. The quantitative estimate of drug-likeness (QED) is 0.757. The molecule has 1 amide bonds. The lowest BCUT2D eigenvalue weighted by Gasteiger charge is -2.39. The maximum absolute atomic E-state index is 12.3. The maximum atomic E-state index is 12.3. The second-order valence-corrected chi connectivity index (χ2v) is 9.24. The highest BCUT2D eigenvalue weighted by atomic mass is 16.6. The third-order valence-corrected chi connectivity index (χ3v) is 5.67. The topological polar surface area (TPSA) is 60.4 Å². The van der Waals surface area contributed by atoms with Gasteiger partial charge in [-0.05, 0) is 65.6 Å². The third kappa shape index (κ3) is 5.74. The van der Waals surface area contributed by atoms with E-state index in [2.05, 4.69) is 27.0 Å². The first-order valence-corrected chi connectivity index (χ1v) is 10.6. The third-order valence-electron chi connectivity index (χ3n) is 5.67. The Labute approximate surface area is 164 Å². The van der Waals surface area contributed by atoms with Crippen molar-refractivity contribution in [2.45, 2.75) is 58.6 Å². The van der Waals surface area contributed by atoms with Gasteiger partial charge in [-0.15, -0.1) is 0 Å². The summed E-state index contributed by atoms with van der Waals surface area (Å²) < 4.78 is 5.51. The zero-order valence-electron chi connectivity index (χ0n) is 17.5. The average molecular weight is 380 g/mol. The van der Waals surface area contributed by atoms with Crippen LogP contribution in [0.1, 0.15) is 47.0 Å². The van der Waals surface area contributed by atoms with Crippen LogP contribution in [-0.4, -0.2) is 90.8 Å². The molecular weight excluding hydrogens is 342 g/mol. The number of piperidine rings is 1. The molecule has 0 aromatic rings. The van der Waals surface area contributed by atoms with Gasteiger partial charge < -0.3 is 24.8 Å². The highest BCUT2D eigenvalue weighted by molar-refractivity contribution is 5.82. The highest BCUT2D eigenvalue weighted by Crippen LogP contribution is 2.19. The molecule has 3 heterocycles. The molecule has 7 nitrogen and oxygen atoms in total. The molecule has 3 aliphatic heterocycles. The van der Waals surface area contributed by atoms with Crippen LogP contribution in [0.15, 0.2) is 4.99 Å². The number of guanidine groups is 1. The number of fused-ring (bicyclic) bond motifs is 1. The molecule has 3 aliphatic rings. The Morgan fingerprint density at radius 1 is 1.22 bits per heavy atom. The van der Waals surface area contributed by atoms with Gasteiger partial charge in [-0.25, -0.2) is 4.79 Å². The Morgan fingerprint density at radius 3 is 2.67 bits per heavy atom. The van der Waals surface area contributed by atoms with Gasteiger partial charge in [0.25, 0.3) is 0 Å². The van der Waals surface area contributed by atoms with E-state index in [1.54, 1.807) is 0 Å². The molecule has 2 fully saturated rings. The lowest BCUT2D eigenvalue weighted by molar-refractivity contribution is 0.0137. The summed E-state index contributed by atoms with van der Waals surface area (Å²) in [7, 11) is 0. The fourth-order valence-electron chi connectivity index (χ4n) is 4.01. The fraction of sp³-hybridized carbons (Fsp3) is 0.900. The van der Waals surface area contributed by atoms with Crippen molar-refractivity contribution in [2.75, 3.05) is 52.4 Å².